The van der Waals surface area contributed by atoms with Crippen molar-refractivity contribution in [2.24, 2.45) is 0 Å². The number of hydrogen-bond donors (Lipinski definition) is 1. The minimum atomic E-state index is 0.0975. The van der Waals surface area contributed by atoms with Crippen molar-refractivity contribution in [2.45, 2.75) is 32.7 Å². The SMILES string of the molecule is CCCNC(=O)CCn1c(Cc2ccccc2)nc2ccccc21. The van der Waals surface area contributed by atoms with Crippen molar-refractivity contribution < 1.29 is 4.79 Å². The average molecular weight is 321 g/mol. The van der Waals surface area contributed by atoms with E-state index in [2.05, 4.69) is 35.0 Å². The molecule has 0 unspecified atom stereocenters. The van der Waals surface area contributed by atoms with E-state index in [0.29, 0.717) is 13.0 Å². The molecule has 0 spiro atoms. The van der Waals surface area contributed by atoms with Gasteiger partial charge in [0.1, 0.15) is 5.82 Å². The first-order valence-electron chi connectivity index (χ1n) is 8.52. The molecule has 4 nitrogen and oxygen atoms in total. The van der Waals surface area contributed by atoms with Crippen LogP contribution in [0.2, 0.25) is 0 Å². The molecule has 0 atom stereocenters. The van der Waals surface area contributed by atoms with Gasteiger partial charge in [-0.25, -0.2) is 4.98 Å². The van der Waals surface area contributed by atoms with Crippen LogP contribution in [0.3, 0.4) is 0 Å². The zero-order chi connectivity index (χ0) is 16.8. The molecule has 3 rings (SSSR count). The van der Waals surface area contributed by atoms with Gasteiger partial charge in [-0.05, 0) is 24.1 Å². The van der Waals surface area contributed by atoms with Crippen LogP contribution in [0.5, 0.6) is 0 Å². The molecule has 4 heteroatoms. The lowest BCUT2D eigenvalue weighted by atomic mass is 10.1. The van der Waals surface area contributed by atoms with E-state index >= 15 is 0 Å². The summed E-state index contributed by atoms with van der Waals surface area (Å²) in [6, 6.07) is 18.4. The van der Waals surface area contributed by atoms with E-state index in [0.717, 1.165) is 36.2 Å². The Bertz CT molecular complexity index is 808. The minimum Gasteiger partial charge on any atom is -0.356 e. The fraction of sp³-hybridized carbons (Fsp3) is 0.300. The van der Waals surface area contributed by atoms with Gasteiger partial charge in [0.25, 0.3) is 0 Å². The molecule has 1 N–H and O–H groups in total. The number of hydrogen-bond acceptors (Lipinski definition) is 2. The first-order valence-corrected chi connectivity index (χ1v) is 8.52. The second-order valence-electron chi connectivity index (χ2n) is 5.93. The van der Waals surface area contributed by atoms with Crippen LogP contribution in [-0.4, -0.2) is 22.0 Å². The smallest absolute Gasteiger partial charge is 0.221 e. The van der Waals surface area contributed by atoms with E-state index in [-0.39, 0.29) is 5.91 Å². The molecule has 0 aliphatic rings. The van der Waals surface area contributed by atoms with Gasteiger partial charge in [-0.1, -0.05) is 49.4 Å². The van der Waals surface area contributed by atoms with Gasteiger partial charge in [0, 0.05) is 25.9 Å². The van der Waals surface area contributed by atoms with Gasteiger partial charge in [-0.3, -0.25) is 4.79 Å². The van der Waals surface area contributed by atoms with Gasteiger partial charge < -0.3 is 9.88 Å². The molecule has 0 fully saturated rings. The lowest BCUT2D eigenvalue weighted by molar-refractivity contribution is -0.121. The normalized spacial score (nSPS) is 10.9. The fourth-order valence-electron chi connectivity index (χ4n) is 2.85. The number of aryl methyl sites for hydroxylation is 1. The second-order valence-corrected chi connectivity index (χ2v) is 5.93. The molecule has 3 aromatic rings. The largest absolute Gasteiger partial charge is 0.356 e. The van der Waals surface area contributed by atoms with E-state index in [4.69, 9.17) is 4.98 Å². The number of carbonyl (C=O) groups is 1. The highest BCUT2D eigenvalue weighted by Gasteiger charge is 2.12. The van der Waals surface area contributed by atoms with Gasteiger partial charge in [0.15, 0.2) is 0 Å². The van der Waals surface area contributed by atoms with Crippen LogP contribution < -0.4 is 5.32 Å². The number of nitrogens with one attached hydrogen (secondary N) is 1. The summed E-state index contributed by atoms with van der Waals surface area (Å²) >= 11 is 0. The number of carbonyl (C=O) groups excluding carboxylic acids is 1. The van der Waals surface area contributed by atoms with Crippen molar-refractivity contribution in [1.82, 2.24) is 14.9 Å². The molecular formula is C20H23N3O. The summed E-state index contributed by atoms with van der Waals surface area (Å²) < 4.78 is 2.17. The maximum atomic E-state index is 12.0. The Morgan fingerprint density at radius 1 is 1.08 bits per heavy atom. The van der Waals surface area contributed by atoms with E-state index in [1.807, 2.05) is 36.4 Å². The van der Waals surface area contributed by atoms with E-state index in [9.17, 15) is 4.79 Å². The van der Waals surface area contributed by atoms with Gasteiger partial charge in [0.2, 0.25) is 5.91 Å². The first kappa shape index (κ1) is 16.2. The number of aromatic nitrogens is 2. The highest BCUT2D eigenvalue weighted by atomic mass is 16.1. The maximum Gasteiger partial charge on any atom is 0.221 e. The zero-order valence-electron chi connectivity index (χ0n) is 14.0. The zero-order valence-corrected chi connectivity index (χ0v) is 14.0. The summed E-state index contributed by atoms with van der Waals surface area (Å²) in [5, 5.41) is 2.94. The number of nitrogens with zero attached hydrogens (tertiary/aromatic N) is 2. The third kappa shape index (κ3) is 3.82. The highest BCUT2D eigenvalue weighted by Crippen LogP contribution is 2.19. The Morgan fingerprint density at radius 3 is 2.62 bits per heavy atom. The molecule has 1 aromatic heterocycles. The first-order chi connectivity index (χ1) is 11.8. The standard InChI is InChI=1S/C20H23N3O/c1-2-13-21-20(24)12-14-23-18-11-7-6-10-17(18)22-19(23)15-16-8-4-3-5-9-16/h3-11H,2,12-15H2,1H3,(H,21,24). The summed E-state index contributed by atoms with van der Waals surface area (Å²) in [6.07, 6.45) is 2.20. The third-order valence-electron chi connectivity index (χ3n) is 4.07. The van der Waals surface area contributed by atoms with Crippen LogP contribution in [0.15, 0.2) is 54.6 Å². The molecule has 0 aliphatic carbocycles. The third-order valence-corrected chi connectivity index (χ3v) is 4.07. The average Bonchev–Trinajstić information content (AvgIpc) is 2.96. The van der Waals surface area contributed by atoms with E-state index in [1.54, 1.807) is 0 Å². The number of benzene rings is 2. The Hall–Kier alpha value is -2.62. The molecule has 0 radical (unpaired) electrons. The molecule has 24 heavy (non-hydrogen) atoms. The Kier molecular flexibility index (Phi) is 5.26. The lowest BCUT2D eigenvalue weighted by Gasteiger charge is -2.10. The Labute approximate surface area is 142 Å². The van der Waals surface area contributed by atoms with Crippen molar-refractivity contribution in [3.63, 3.8) is 0 Å². The van der Waals surface area contributed by atoms with Crippen molar-refractivity contribution in [3.8, 4) is 0 Å². The van der Waals surface area contributed by atoms with Gasteiger partial charge in [-0.15, -0.1) is 0 Å². The van der Waals surface area contributed by atoms with Crippen LogP contribution in [0.1, 0.15) is 31.2 Å². The van der Waals surface area contributed by atoms with Crippen LogP contribution >= 0.6 is 0 Å². The highest BCUT2D eigenvalue weighted by molar-refractivity contribution is 5.78. The topological polar surface area (TPSA) is 46.9 Å². The second kappa shape index (κ2) is 7.77. The van der Waals surface area contributed by atoms with Crippen molar-refractivity contribution in [3.05, 3.63) is 66.0 Å². The Balaban J connectivity index is 1.84. The van der Waals surface area contributed by atoms with Crippen molar-refractivity contribution >= 4 is 16.9 Å². The van der Waals surface area contributed by atoms with E-state index in [1.165, 1.54) is 5.56 Å². The Morgan fingerprint density at radius 2 is 1.83 bits per heavy atom. The number of fused-ring (bicyclic) bond motifs is 1. The van der Waals surface area contributed by atoms with Crippen LogP contribution in [-0.2, 0) is 17.8 Å². The van der Waals surface area contributed by atoms with Crippen LogP contribution in [0.4, 0.5) is 0 Å². The fourth-order valence-corrected chi connectivity index (χ4v) is 2.85. The van der Waals surface area contributed by atoms with Crippen molar-refractivity contribution in [2.75, 3.05) is 6.54 Å². The summed E-state index contributed by atoms with van der Waals surface area (Å²) in [6.45, 7) is 3.44. The number of imidazole rings is 1. The number of rotatable bonds is 7. The predicted molar refractivity (Wildman–Crippen MR) is 96.9 cm³/mol. The van der Waals surface area contributed by atoms with Gasteiger partial charge in [-0.2, -0.15) is 0 Å². The molecule has 124 valence electrons. The summed E-state index contributed by atoms with van der Waals surface area (Å²) in [5.74, 6) is 1.10. The quantitative estimate of drug-likeness (QED) is 0.723. The molecule has 1 heterocycles. The number of amides is 1. The molecule has 0 aliphatic heterocycles. The molecule has 0 saturated heterocycles. The molecule has 2 aromatic carbocycles. The minimum absolute atomic E-state index is 0.0975. The monoisotopic (exact) mass is 321 g/mol. The van der Waals surface area contributed by atoms with Crippen LogP contribution in [0, 0.1) is 0 Å². The predicted octanol–water partition coefficient (Wildman–Crippen LogP) is 3.54. The molecule has 0 saturated carbocycles. The van der Waals surface area contributed by atoms with Crippen molar-refractivity contribution in [1.29, 1.82) is 0 Å². The number of para-hydroxylation sites is 2. The van der Waals surface area contributed by atoms with Crippen LogP contribution in [0.25, 0.3) is 11.0 Å². The molecule has 0 bridgehead atoms. The molecule has 1 amide bonds. The summed E-state index contributed by atoms with van der Waals surface area (Å²) in [7, 11) is 0. The van der Waals surface area contributed by atoms with Gasteiger partial charge in [0.05, 0.1) is 11.0 Å². The summed E-state index contributed by atoms with van der Waals surface area (Å²) in [4.78, 5) is 16.7. The molecular weight excluding hydrogens is 298 g/mol. The summed E-state index contributed by atoms with van der Waals surface area (Å²) in [5.41, 5.74) is 3.30. The van der Waals surface area contributed by atoms with E-state index < -0.39 is 0 Å². The maximum absolute atomic E-state index is 12.0. The lowest BCUT2D eigenvalue weighted by Crippen LogP contribution is -2.25. The van der Waals surface area contributed by atoms with Gasteiger partial charge >= 0.3 is 0 Å².